The fraction of sp³-hybridized carbons (Fsp3) is 0.833. The van der Waals surface area contributed by atoms with E-state index in [-0.39, 0.29) is 6.04 Å². The Morgan fingerprint density at radius 2 is 2.25 bits per heavy atom. The van der Waals surface area contributed by atoms with Crippen LogP contribution in [-0.4, -0.2) is 11.8 Å². The molecule has 0 heterocycles. The third kappa shape index (κ3) is 3.81. The van der Waals surface area contributed by atoms with Crippen molar-refractivity contribution in [3.63, 3.8) is 0 Å². The molecular weight excluding hydrogens is 100 g/mol. The number of rotatable bonds is 3. The molecule has 0 radical (unpaired) electrons. The SMILES string of the molecule is CCC(=N)CC(C)N. The predicted molar refractivity (Wildman–Crippen MR) is 36.3 cm³/mol. The molecule has 0 aliphatic heterocycles. The Hall–Kier alpha value is -0.370. The topological polar surface area (TPSA) is 49.9 Å². The van der Waals surface area contributed by atoms with Crippen molar-refractivity contribution in [2.45, 2.75) is 32.7 Å². The molecular formula is C6H14N2. The molecule has 0 rings (SSSR count). The number of nitrogens with two attached hydrogens (primary N) is 1. The summed E-state index contributed by atoms with van der Waals surface area (Å²) < 4.78 is 0. The highest BCUT2D eigenvalue weighted by Gasteiger charge is 1.96. The minimum atomic E-state index is 0.155. The Morgan fingerprint density at radius 1 is 1.75 bits per heavy atom. The van der Waals surface area contributed by atoms with Gasteiger partial charge in [0.25, 0.3) is 0 Å². The fourth-order valence-electron chi connectivity index (χ4n) is 0.533. The Morgan fingerprint density at radius 3 is 2.38 bits per heavy atom. The molecule has 0 aliphatic rings. The van der Waals surface area contributed by atoms with Crippen molar-refractivity contribution in [1.82, 2.24) is 0 Å². The van der Waals surface area contributed by atoms with E-state index in [1.807, 2.05) is 13.8 Å². The van der Waals surface area contributed by atoms with Gasteiger partial charge in [-0.2, -0.15) is 0 Å². The van der Waals surface area contributed by atoms with Gasteiger partial charge in [0.05, 0.1) is 0 Å². The van der Waals surface area contributed by atoms with E-state index in [4.69, 9.17) is 11.1 Å². The standard InChI is InChI=1S/C6H14N2/c1-3-6(8)4-5(2)7/h5,8H,3-4,7H2,1-2H3. The van der Waals surface area contributed by atoms with Gasteiger partial charge < -0.3 is 11.1 Å². The minimum Gasteiger partial charge on any atom is -0.328 e. The Kier molecular flexibility index (Phi) is 3.44. The quantitative estimate of drug-likeness (QED) is 0.531. The average molecular weight is 114 g/mol. The number of hydrogen-bond acceptors (Lipinski definition) is 2. The summed E-state index contributed by atoms with van der Waals surface area (Å²) in [7, 11) is 0. The molecule has 0 aromatic heterocycles. The van der Waals surface area contributed by atoms with Crippen molar-refractivity contribution < 1.29 is 0 Å². The first-order valence-corrected chi connectivity index (χ1v) is 2.98. The monoisotopic (exact) mass is 114 g/mol. The summed E-state index contributed by atoms with van der Waals surface area (Å²) in [5.41, 5.74) is 6.18. The van der Waals surface area contributed by atoms with Crippen molar-refractivity contribution >= 4 is 5.71 Å². The lowest BCUT2D eigenvalue weighted by Gasteiger charge is -2.02. The maximum atomic E-state index is 7.19. The molecule has 48 valence electrons. The highest BCUT2D eigenvalue weighted by atomic mass is 14.6. The van der Waals surface area contributed by atoms with Gasteiger partial charge in [-0.3, -0.25) is 0 Å². The van der Waals surface area contributed by atoms with Gasteiger partial charge in [-0.15, -0.1) is 0 Å². The van der Waals surface area contributed by atoms with E-state index >= 15 is 0 Å². The normalized spacial score (nSPS) is 13.4. The van der Waals surface area contributed by atoms with Crippen LogP contribution < -0.4 is 5.73 Å². The van der Waals surface area contributed by atoms with Crippen LogP contribution in [0.2, 0.25) is 0 Å². The lowest BCUT2D eigenvalue weighted by Crippen LogP contribution is -2.18. The summed E-state index contributed by atoms with van der Waals surface area (Å²) >= 11 is 0. The van der Waals surface area contributed by atoms with Gasteiger partial charge in [0.1, 0.15) is 0 Å². The van der Waals surface area contributed by atoms with E-state index in [1.54, 1.807) is 0 Å². The van der Waals surface area contributed by atoms with Crippen molar-refractivity contribution in [1.29, 1.82) is 5.41 Å². The highest BCUT2D eigenvalue weighted by Crippen LogP contribution is 1.91. The molecule has 0 aromatic carbocycles. The van der Waals surface area contributed by atoms with E-state index in [0.717, 1.165) is 18.6 Å². The summed E-state index contributed by atoms with van der Waals surface area (Å²) in [4.78, 5) is 0. The Balaban J connectivity index is 3.25. The molecule has 0 spiro atoms. The first-order valence-electron chi connectivity index (χ1n) is 2.98. The van der Waals surface area contributed by atoms with Crippen molar-refractivity contribution in [3.8, 4) is 0 Å². The van der Waals surface area contributed by atoms with Crippen LogP contribution in [0.5, 0.6) is 0 Å². The lowest BCUT2D eigenvalue weighted by atomic mass is 10.1. The van der Waals surface area contributed by atoms with Gasteiger partial charge in [0, 0.05) is 11.8 Å². The highest BCUT2D eigenvalue weighted by molar-refractivity contribution is 5.81. The molecule has 2 nitrogen and oxygen atoms in total. The lowest BCUT2D eigenvalue weighted by molar-refractivity contribution is 0.768. The molecule has 0 saturated heterocycles. The molecule has 0 bridgehead atoms. The Bertz CT molecular complexity index is 76.6. The van der Waals surface area contributed by atoms with Gasteiger partial charge in [-0.25, -0.2) is 0 Å². The molecule has 3 N–H and O–H groups in total. The maximum Gasteiger partial charge on any atom is 0.0102 e. The van der Waals surface area contributed by atoms with Gasteiger partial charge >= 0.3 is 0 Å². The summed E-state index contributed by atoms with van der Waals surface area (Å²) in [6.07, 6.45) is 1.58. The third-order valence-corrected chi connectivity index (χ3v) is 0.995. The van der Waals surface area contributed by atoms with Gasteiger partial charge in [-0.05, 0) is 19.8 Å². The Labute approximate surface area is 50.6 Å². The second-order valence-corrected chi connectivity index (χ2v) is 2.14. The van der Waals surface area contributed by atoms with Crippen LogP contribution in [0.4, 0.5) is 0 Å². The van der Waals surface area contributed by atoms with Crippen LogP contribution in [0.3, 0.4) is 0 Å². The number of hydrogen-bond donors (Lipinski definition) is 2. The summed E-state index contributed by atoms with van der Waals surface area (Å²) in [6, 6.07) is 0.155. The van der Waals surface area contributed by atoms with Crippen molar-refractivity contribution in [2.75, 3.05) is 0 Å². The van der Waals surface area contributed by atoms with Crippen LogP contribution in [0.25, 0.3) is 0 Å². The minimum absolute atomic E-state index is 0.155. The smallest absolute Gasteiger partial charge is 0.0102 e. The second-order valence-electron chi connectivity index (χ2n) is 2.14. The van der Waals surface area contributed by atoms with Gasteiger partial charge in [0.15, 0.2) is 0 Å². The fourth-order valence-corrected chi connectivity index (χ4v) is 0.533. The summed E-state index contributed by atoms with van der Waals surface area (Å²) in [6.45, 7) is 3.90. The number of nitrogens with one attached hydrogen (secondary N) is 1. The molecule has 1 unspecified atom stereocenters. The van der Waals surface area contributed by atoms with Crippen LogP contribution >= 0.6 is 0 Å². The maximum absolute atomic E-state index is 7.19. The van der Waals surface area contributed by atoms with Crippen molar-refractivity contribution in [3.05, 3.63) is 0 Å². The predicted octanol–water partition coefficient (Wildman–Crippen LogP) is 1.15. The first-order chi connectivity index (χ1) is 3.66. The molecule has 0 saturated carbocycles. The molecule has 2 heteroatoms. The second kappa shape index (κ2) is 3.61. The molecule has 0 fully saturated rings. The molecule has 8 heavy (non-hydrogen) atoms. The van der Waals surface area contributed by atoms with Crippen LogP contribution in [0.15, 0.2) is 0 Å². The van der Waals surface area contributed by atoms with Gasteiger partial charge in [0.2, 0.25) is 0 Å². The zero-order chi connectivity index (χ0) is 6.57. The van der Waals surface area contributed by atoms with Crippen molar-refractivity contribution in [2.24, 2.45) is 5.73 Å². The summed E-state index contributed by atoms with van der Waals surface area (Å²) in [5, 5.41) is 7.19. The zero-order valence-corrected chi connectivity index (χ0v) is 5.57. The largest absolute Gasteiger partial charge is 0.328 e. The van der Waals surface area contributed by atoms with E-state index in [1.165, 1.54) is 0 Å². The van der Waals surface area contributed by atoms with Crippen LogP contribution in [0, 0.1) is 5.41 Å². The summed E-state index contributed by atoms with van der Waals surface area (Å²) in [5.74, 6) is 0. The molecule has 0 aromatic rings. The van der Waals surface area contributed by atoms with E-state index < -0.39 is 0 Å². The third-order valence-electron chi connectivity index (χ3n) is 0.995. The van der Waals surface area contributed by atoms with E-state index in [2.05, 4.69) is 0 Å². The van der Waals surface area contributed by atoms with E-state index in [0.29, 0.717) is 0 Å². The zero-order valence-electron chi connectivity index (χ0n) is 5.57. The molecule has 0 aliphatic carbocycles. The average Bonchev–Trinajstić information content (AvgIpc) is 1.65. The van der Waals surface area contributed by atoms with Crippen LogP contribution in [0.1, 0.15) is 26.7 Å². The molecule has 1 atom stereocenters. The first kappa shape index (κ1) is 7.63. The van der Waals surface area contributed by atoms with Crippen LogP contribution in [-0.2, 0) is 0 Å². The molecule has 0 amide bonds. The van der Waals surface area contributed by atoms with Gasteiger partial charge in [-0.1, -0.05) is 6.92 Å². The van der Waals surface area contributed by atoms with E-state index in [9.17, 15) is 0 Å².